The summed E-state index contributed by atoms with van der Waals surface area (Å²) in [6.45, 7) is 1.92. The molecule has 0 aliphatic carbocycles. The van der Waals surface area contributed by atoms with Crippen LogP contribution in [0.15, 0.2) is 41.0 Å². The van der Waals surface area contributed by atoms with E-state index in [4.69, 9.17) is 10.2 Å². The van der Waals surface area contributed by atoms with E-state index < -0.39 is 0 Å². The molecule has 4 N–H and O–H groups in total. The second kappa shape index (κ2) is 5.32. The lowest BCUT2D eigenvalue weighted by molar-refractivity contribution is 0.0936. The molecule has 1 unspecified atom stereocenters. The minimum Gasteiger partial charge on any atom is -0.469 e. The molecule has 1 aromatic carbocycles. The van der Waals surface area contributed by atoms with Gasteiger partial charge in [-0.3, -0.25) is 9.89 Å². The quantitative estimate of drug-likeness (QED) is 0.639. The van der Waals surface area contributed by atoms with Crippen molar-refractivity contribution in [2.75, 3.05) is 5.73 Å². The molecule has 6 nitrogen and oxygen atoms in total. The third-order valence-corrected chi connectivity index (χ3v) is 3.27. The van der Waals surface area contributed by atoms with Crippen LogP contribution in [-0.2, 0) is 6.42 Å². The van der Waals surface area contributed by atoms with Crippen molar-refractivity contribution in [1.29, 1.82) is 0 Å². The largest absolute Gasteiger partial charge is 0.469 e. The van der Waals surface area contributed by atoms with E-state index in [9.17, 15) is 4.79 Å². The van der Waals surface area contributed by atoms with Gasteiger partial charge in [-0.1, -0.05) is 0 Å². The second-order valence-electron chi connectivity index (χ2n) is 5.04. The number of nitrogen functional groups attached to an aromatic ring is 1. The molecular formula is C15H16N4O2. The number of nitrogens with zero attached hydrogens (tertiary/aromatic N) is 1. The Labute approximate surface area is 121 Å². The van der Waals surface area contributed by atoms with Crippen LogP contribution in [0.1, 0.15) is 23.2 Å². The van der Waals surface area contributed by atoms with E-state index in [1.54, 1.807) is 24.5 Å². The first-order valence-corrected chi connectivity index (χ1v) is 6.70. The highest BCUT2D eigenvalue weighted by atomic mass is 16.3. The Morgan fingerprint density at radius 2 is 2.33 bits per heavy atom. The monoisotopic (exact) mass is 284 g/mol. The molecule has 0 aliphatic heterocycles. The molecule has 0 bridgehead atoms. The van der Waals surface area contributed by atoms with Crippen LogP contribution in [0, 0.1) is 0 Å². The maximum Gasteiger partial charge on any atom is 0.272 e. The number of hydrogen-bond donors (Lipinski definition) is 3. The first kappa shape index (κ1) is 13.2. The van der Waals surface area contributed by atoms with Crippen LogP contribution < -0.4 is 11.1 Å². The van der Waals surface area contributed by atoms with Gasteiger partial charge in [-0.15, -0.1) is 0 Å². The minimum absolute atomic E-state index is 0.0588. The Morgan fingerprint density at radius 1 is 1.48 bits per heavy atom. The van der Waals surface area contributed by atoms with Crippen molar-refractivity contribution in [2.45, 2.75) is 19.4 Å². The highest BCUT2D eigenvalue weighted by Gasteiger charge is 2.17. The van der Waals surface area contributed by atoms with Gasteiger partial charge < -0.3 is 15.5 Å². The van der Waals surface area contributed by atoms with Crippen molar-refractivity contribution >= 4 is 22.5 Å². The zero-order chi connectivity index (χ0) is 14.8. The van der Waals surface area contributed by atoms with Crippen LogP contribution in [0.5, 0.6) is 0 Å². The molecule has 1 amide bonds. The Balaban J connectivity index is 1.76. The number of amides is 1. The van der Waals surface area contributed by atoms with Crippen LogP contribution in [0.4, 0.5) is 5.69 Å². The molecule has 2 heterocycles. The van der Waals surface area contributed by atoms with Gasteiger partial charge in [0, 0.05) is 23.5 Å². The van der Waals surface area contributed by atoms with Gasteiger partial charge in [0.25, 0.3) is 5.91 Å². The number of rotatable bonds is 4. The van der Waals surface area contributed by atoms with Crippen LogP contribution in [-0.4, -0.2) is 22.1 Å². The molecule has 0 aliphatic rings. The van der Waals surface area contributed by atoms with Crippen molar-refractivity contribution in [2.24, 2.45) is 0 Å². The number of H-pyrrole nitrogens is 1. The summed E-state index contributed by atoms with van der Waals surface area (Å²) in [5.74, 6) is 0.602. The first-order valence-electron chi connectivity index (χ1n) is 6.70. The van der Waals surface area contributed by atoms with Crippen LogP contribution >= 0.6 is 0 Å². The molecule has 3 rings (SSSR count). The highest BCUT2D eigenvalue weighted by Crippen LogP contribution is 2.19. The van der Waals surface area contributed by atoms with Crippen LogP contribution in [0.25, 0.3) is 10.9 Å². The average molecular weight is 284 g/mol. The van der Waals surface area contributed by atoms with Crippen molar-refractivity contribution in [3.8, 4) is 0 Å². The molecule has 21 heavy (non-hydrogen) atoms. The molecule has 0 radical (unpaired) electrons. The summed E-state index contributed by atoms with van der Waals surface area (Å²) < 4.78 is 5.27. The average Bonchev–Trinajstić information content (AvgIpc) is 3.07. The fourth-order valence-corrected chi connectivity index (χ4v) is 2.28. The number of nitrogens with one attached hydrogen (secondary N) is 2. The fraction of sp³-hybridized carbons (Fsp3) is 0.200. The Hall–Kier alpha value is -2.76. The van der Waals surface area contributed by atoms with Crippen molar-refractivity contribution in [1.82, 2.24) is 15.5 Å². The lowest BCUT2D eigenvalue weighted by atomic mass is 10.1. The van der Waals surface area contributed by atoms with Gasteiger partial charge in [0.15, 0.2) is 5.69 Å². The van der Waals surface area contributed by atoms with E-state index in [0.29, 0.717) is 17.8 Å². The summed E-state index contributed by atoms with van der Waals surface area (Å²) in [6.07, 6.45) is 2.25. The van der Waals surface area contributed by atoms with Gasteiger partial charge in [-0.2, -0.15) is 5.10 Å². The van der Waals surface area contributed by atoms with Crippen molar-refractivity contribution in [3.63, 3.8) is 0 Å². The molecule has 3 aromatic rings. The molecule has 108 valence electrons. The van der Waals surface area contributed by atoms with E-state index in [2.05, 4.69) is 15.5 Å². The van der Waals surface area contributed by atoms with Crippen LogP contribution in [0.2, 0.25) is 0 Å². The summed E-state index contributed by atoms with van der Waals surface area (Å²) in [6, 6.07) is 8.96. The molecule has 1 atom stereocenters. The molecule has 0 spiro atoms. The number of benzene rings is 1. The third-order valence-electron chi connectivity index (χ3n) is 3.27. The fourth-order valence-electron chi connectivity index (χ4n) is 2.28. The van der Waals surface area contributed by atoms with Gasteiger partial charge in [0.1, 0.15) is 5.76 Å². The second-order valence-corrected chi connectivity index (χ2v) is 5.04. The number of anilines is 1. The number of furan rings is 1. The zero-order valence-corrected chi connectivity index (χ0v) is 11.6. The molecule has 6 heteroatoms. The number of aromatic nitrogens is 2. The van der Waals surface area contributed by atoms with E-state index in [1.807, 2.05) is 19.1 Å². The van der Waals surface area contributed by atoms with Gasteiger partial charge in [0.2, 0.25) is 0 Å². The van der Waals surface area contributed by atoms with Gasteiger partial charge in [-0.05, 0) is 37.3 Å². The normalized spacial score (nSPS) is 12.4. The number of carbonyl (C=O) groups excluding carboxylic acids is 1. The first-order chi connectivity index (χ1) is 10.1. The Kier molecular flexibility index (Phi) is 3.35. The number of nitrogens with two attached hydrogens (primary N) is 1. The molecule has 0 fully saturated rings. The van der Waals surface area contributed by atoms with Gasteiger partial charge >= 0.3 is 0 Å². The molecule has 0 saturated carbocycles. The van der Waals surface area contributed by atoms with E-state index in [-0.39, 0.29) is 11.9 Å². The molecule has 2 aromatic heterocycles. The maximum atomic E-state index is 12.3. The number of aromatic amines is 1. The topological polar surface area (TPSA) is 96.9 Å². The summed E-state index contributed by atoms with van der Waals surface area (Å²) in [5, 5.41) is 10.5. The summed E-state index contributed by atoms with van der Waals surface area (Å²) in [4.78, 5) is 12.3. The number of fused-ring (bicyclic) bond motifs is 1. The van der Waals surface area contributed by atoms with E-state index in [0.717, 1.165) is 16.7 Å². The van der Waals surface area contributed by atoms with Gasteiger partial charge in [-0.25, -0.2) is 0 Å². The predicted octanol–water partition coefficient (Wildman–Crippen LogP) is 2.10. The van der Waals surface area contributed by atoms with Crippen molar-refractivity contribution < 1.29 is 9.21 Å². The predicted molar refractivity (Wildman–Crippen MR) is 79.8 cm³/mol. The van der Waals surface area contributed by atoms with Crippen molar-refractivity contribution in [3.05, 3.63) is 48.0 Å². The highest BCUT2D eigenvalue weighted by molar-refractivity contribution is 6.05. The summed E-state index contributed by atoms with van der Waals surface area (Å²) in [7, 11) is 0. The number of hydrogen-bond acceptors (Lipinski definition) is 4. The Bertz CT molecular complexity index is 761. The standard InChI is InChI=1S/C15H16N4O2/c1-9(7-11-3-2-6-21-11)17-15(20)14-12-8-10(16)4-5-13(12)18-19-14/h2-6,8-9H,7,16H2,1H3,(H,17,20)(H,18,19). The lowest BCUT2D eigenvalue weighted by Crippen LogP contribution is -2.34. The maximum absolute atomic E-state index is 12.3. The van der Waals surface area contributed by atoms with E-state index in [1.165, 1.54) is 0 Å². The molecular weight excluding hydrogens is 268 g/mol. The Morgan fingerprint density at radius 3 is 3.10 bits per heavy atom. The minimum atomic E-state index is -0.231. The molecule has 0 saturated heterocycles. The smallest absolute Gasteiger partial charge is 0.272 e. The van der Waals surface area contributed by atoms with Gasteiger partial charge in [0.05, 0.1) is 11.8 Å². The third kappa shape index (κ3) is 2.74. The summed E-state index contributed by atoms with van der Waals surface area (Å²) >= 11 is 0. The zero-order valence-electron chi connectivity index (χ0n) is 11.6. The number of carbonyl (C=O) groups is 1. The SMILES string of the molecule is CC(Cc1ccco1)NC(=O)c1n[nH]c2ccc(N)cc12. The van der Waals surface area contributed by atoms with Crippen LogP contribution in [0.3, 0.4) is 0 Å². The van der Waals surface area contributed by atoms with E-state index >= 15 is 0 Å². The lowest BCUT2D eigenvalue weighted by Gasteiger charge is -2.11. The summed E-state index contributed by atoms with van der Waals surface area (Å²) in [5.41, 5.74) is 7.49.